The summed E-state index contributed by atoms with van der Waals surface area (Å²) < 4.78 is 16.8. The van der Waals surface area contributed by atoms with Gasteiger partial charge < -0.3 is 14.2 Å². The molecule has 0 aliphatic heterocycles. The molecule has 0 bridgehead atoms. The topological polar surface area (TPSA) is 78.9 Å². The van der Waals surface area contributed by atoms with Gasteiger partial charge in [-0.05, 0) is 109 Å². The van der Waals surface area contributed by atoms with E-state index in [0.717, 1.165) is 109 Å². The molecule has 0 N–H and O–H groups in total. The number of carbonyl (C=O) groups excluding carboxylic acids is 3. The van der Waals surface area contributed by atoms with Gasteiger partial charge in [-0.25, -0.2) is 0 Å². The molecule has 0 fully saturated rings. The van der Waals surface area contributed by atoms with Crippen molar-refractivity contribution in [3.63, 3.8) is 0 Å². The van der Waals surface area contributed by atoms with Crippen molar-refractivity contribution in [2.75, 3.05) is 13.2 Å². The molecule has 0 aliphatic rings. The Balaban J connectivity index is 4.48. The molecular formula is C63H104O6. The quantitative estimate of drug-likeness (QED) is 0.0199. The van der Waals surface area contributed by atoms with Crippen LogP contribution in [0, 0.1) is 0 Å². The first-order chi connectivity index (χ1) is 34.0. The third kappa shape index (κ3) is 54.9. The van der Waals surface area contributed by atoms with E-state index in [-0.39, 0.29) is 31.1 Å². The number of carbonyl (C=O) groups is 3. The van der Waals surface area contributed by atoms with Crippen LogP contribution in [0.5, 0.6) is 0 Å². The number of unbranched alkanes of at least 4 members (excludes halogenated alkanes) is 23. The SMILES string of the molecule is CC\C=C/C=C\C=C/CCCCCCCCCC(=O)OCC(COC(=O)CCCCC/C=C\C/C=C\C/C=C\C/C=C\C/C=C\CC)OC(=O)CCCCCCCCC/C=C\CCCCCCCC. The molecule has 0 amide bonds. The molecule has 6 nitrogen and oxygen atoms in total. The molecule has 0 saturated carbocycles. The fourth-order valence-corrected chi connectivity index (χ4v) is 7.58. The van der Waals surface area contributed by atoms with Crippen molar-refractivity contribution in [3.05, 3.63) is 109 Å². The van der Waals surface area contributed by atoms with Gasteiger partial charge in [0.05, 0.1) is 0 Å². The van der Waals surface area contributed by atoms with Crippen LogP contribution in [0.2, 0.25) is 0 Å². The summed E-state index contributed by atoms with van der Waals surface area (Å²) in [5.41, 5.74) is 0. The first-order valence-electron chi connectivity index (χ1n) is 28.4. The molecule has 69 heavy (non-hydrogen) atoms. The summed E-state index contributed by atoms with van der Waals surface area (Å²) in [4.78, 5) is 38.2. The molecule has 0 radical (unpaired) electrons. The van der Waals surface area contributed by atoms with E-state index in [1.165, 1.54) is 103 Å². The van der Waals surface area contributed by atoms with Crippen molar-refractivity contribution in [1.29, 1.82) is 0 Å². The van der Waals surface area contributed by atoms with E-state index < -0.39 is 6.10 Å². The summed E-state index contributed by atoms with van der Waals surface area (Å²) in [5, 5.41) is 0. The average molecular weight is 958 g/mol. The highest BCUT2D eigenvalue weighted by atomic mass is 16.6. The van der Waals surface area contributed by atoms with Crippen molar-refractivity contribution in [2.45, 2.75) is 258 Å². The number of allylic oxidation sites excluding steroid dienone is 18. The van der Waals surface area contributed by atoms with Crippen LogP contribution in [0.3, 0.4) is 0 Å². The Kier molecular flexibility index (Phi) is 53.4. The molecular weight excluding hydrogens is 853 g/mol. The van der Waals surface area contributed by atoms with Crippen LogP contribution >= 0.6 is 0 Å². The lowest BCUT2D eigenvalue weighted by Crippen LogP contribution is -2.30. The third-order valence-electron chi connectivity index (χ3n) is 11.8. The van der Waals surface area contributed by atoms with E-state index in [2.05, 4.69) is 130 Å². The van der Waals surface area contributed by atoms with Gasteiger partial charge >= 0.3 is 17.9 Å². The molecule has 0 aromatic rings. The van der Waals surface area contributed by atoms with E-state index in [0.29, 0.717) is 19.3 Å². The second-order valence-corrected chi connectivity index (χ2v) is 18.5. The van der Waals surface area contributed by atoms with Crippen LogP contribution in [-0.2, 0) is 28.6 Å². The Hall–Kier alpha value is -3.93. The fourth-order valence-electron chi connectivity index (χ4n) is 7.58. The largest absolute Gasteiger partial charge is 0.462 e. The molecule has 1 unspecified atom stereocenters. The molecule has 0 spiro atoms. The van der Waals surface area contributed by atoms with E-state index in [1.807, 2.05) is 0 Å². The minimum atomic E-state index is -0.802. The molecule has 6 heteroatoms. The van der Waals surface area contributed by atoms with Gasteiger partial charge in [0.2, 0.25) is 0 Å². The minimum absolute atomic E-state index is 0.0982. The summed E-state index contributed by atoms with van der Waals surface area (Å²) in [6.45, 7) is 6.35. The highest BCUT2D eigenvalue weighted by molar-refractivity contribution is 5.71. The molecule has 0 aliphatic carbocycles. The van der Waals surface area contributed by atoms with Crippen molar-refractivity contribution < 1.29 is 28.6 Å². The summed E-state index contributed by atoms with van der Waals surface area (Å²) in [5.74, 6) is -0.946. The number of hydrogen-bond donors (Lipinski definition) is 0. The van der Waals surface area contributed by atoms with Crippen molar-refractivity contribution >= 4 is 17.9 Å². The summed E-state index contributed by atoms with van der Waals surface area (Å²) in [6, 6.07) is 0. The van der Waals surface area contributed by atoms with Crippen LogP contribution in [-0.4, -0.2) is 37.2 Å². The standard InChI is InChI=1S/C63H104O6/c1-4-7-10-13-16-19-22-25-28-30-31-33-35-38-41-44-47-50-53-56-62(65)68-59-60(58-67-61(64)55-52-49-46-43-40-37-34-27-24-21-18-15-12-9-6-3)69-63(66)57-54-51-48-45-42-39-36-32-29-26-23-20-17-14-11-8-5-2/h7,9-10,12,15-16,18-19,21,24-26,28-29,31,33,38,41,60H,4-6,8,11,13-14,17,20,22-23,27,30,32,34-37,39-40,42-59H2,1-3H3/b10-7-,12-9-,18-15-,19-16-,24-21-,28-25-,29-26-,33-31-,41-38-. The van der Waals surface area contributed by atoms with E-state index in [4.69, 9.17) is 14.2 Å². The van der Waals surface area contributed by atoms with Crippen LogP contribution in [0.25, 0.3) is 0 Å². The lowest BCUT2D eigenvalue weighted by molar-refractivity contribution is -0.167. The second-order valence-electron chi connectivity index (χ2n) is 18.5. The molecule has 0 aromatic heterocycles. The minimum Gasteiger partial charge on any atom is -0.462 e. The molecule has 0 aromatic carbocycles. The first kappa shape index (κ1) is 65.1. The number of rotatable bonds is 50. The summed E-state index contributed by atoms with van der Waals surface area (Å²) >= 11 is 0. The zero-order valence-corrected chi connectivity index (χ0v) is 44.8. The van der Waals surface area contributed by atoms with E-state index >= 15 is 0 Å². The molecule has 0 heterocycles. The van der Waals surface area contributed by atoms with Gasteiger partial charge in [0, 0.05) is 19.3 Å². The maximum atomic E-state index is 12.9. The highest BCUT2D eigenvalue weighted by Gasteiger charge is 2.19. The number of esters is 3. The van der Waals surface area contributed by atoms with Gasteiger partial charge in [-0.15, -0.1) is 0 Å². The third-order valence-corrected chi connectivity index (χ3v) is 11.8. The Labute approximate surface area is 425 Å². The Morgan fingerprint density at radius 1 is 0.319 bits per heavy atom. The summed E-state index contributed by atoms with van der Waals surface area (Å²) in [6.07, 6.45) is 76.4. The smallest absolute Gasteiger partial charge is 0.306 e. The van der Waals surface area contributed by atoms with Gasteiger partial charge in [0.1, 0.15) is 13.2 Å². The van der Waals surface area contributed by atoms with Crippen LogP contribution in [0.4, 0.5) is 0 Å². The van der Waals surface area contributed by atoms with Gasteiger partial charge in [0.25, 0.3) is 0 Å². The molecule has 0 saturated heterocycles. The zero-order valence-electron chi connectivity index (χ0n) is 44.8. The predicted molar refractivity (Wildman–Crippen MR) is 297 cm³/mol. The van der Waals surface area contributed by atoms with Gasteiger partial charge in [-0.3, -0.25) is 14.4 Å². The number of hydrogen-bond acceptors (Lipinski definition) is 6. The number of ether oxygens (including phenoxy) is 3. The molecule has 0 rings (SSSR count). The average Bonchev–Trinajstić information content (AvgIpc) is 3.35. The fraction of sp³-hybridized carbons (Fsp3) is 0.667. The predicted octanol–water partition coefficient (Wildman–Crippen LogP) is 19.1. The molecule has 392 valence electrons. The van der Waals surface area contributed by atoms with Gasteiger partial charge in [-0.2, -0.15) is 0 Å². The van der Waals surface area contributed by atoms with Crippen LogP contribution < -0.4 is 0 Å². The van der Waals surface area contributed by atoms with Crippen molar-refractivity contribution in [2.24, 2.45) is 0 Å². The van der Waals surface area contributed by atoms with E-state index in [9.17, 15) is 14.4 Å². The summed E-state index contributed by atoms with van der Waals surface area (Å²) in [7, 11) is 0. The van der Waals surface area contributed by atoms with Crippen molar-refractivity contribution in [3.8, 4) is 0 Å². The van der Waals surface area contributed by atoms with Gasteiger partial charge in [0.15, 0.2) is 6.10 Å². The lowest BCUT2D eigenvalue weighted by Gasteiger charge is -2.18. The zero-order chi connectivity index (χ0) is 50.0. The highest BCUT2D eigenvalue weighted by Crippen LogP contribution is 2.14. The molecule has 1 atom stereocenters. The maximum Gasteiger partial charge on any atom is 0.306 e. The Morgan fingerprint density at radius 2 is 0.638 bits per heavy atom. The maximum absolute atomic E-state index is 12.9. The van der Waals surface area contributed by atoms with Crippen LogP contribution in [0.1, 0.15) is 252 Å². The Bertz CT molecular complexity index is 1420. The Morgan fingerprint density at radius 3 is 1.07 bits per heavy atom. The van der Waals surface area contributed by atoms with Crippen molar-refractivity contribution in [1.82, 2.24) is 0 Å². The second kappa shape index (κ2) is 56.7. The van der Waals surface area contributed by atoms with Crippen LogP contribution in [0.15, 0.2) is 109 Å². The monoisotopic (exact) mass is 957 g/mol. The normalized spacial score (nSPS) is 12.9. The lowest BCUT2D eigenvalue weighted by atomic mass is 10.1. The first-order valence-corrected chi connectivity index (χ1v) is 28.4. The van der Waals surface area contributed by atoms with Gasteiger partial charge in [-0.1, -0.05) is 233 Å². The van der Waals surface area contributed by atoms with E-state index in [1.54, 1.807) is 0 Å².